The molecule has 86 valence electrons. The topological polar surface area (TPSA) is 22.0 Å². The van der Waals surface area contributed by atoms with Crippen LogP contribution in [0.15, 0.2) is 29.2 Å². The Kier molecular flexibility index (Phi) is 4.00. The minimum absolute atomic E-state index is 0. The molecule has 0 aliphatic rings. The molecule has 2 nitrogen and oxygen atoms in total. The normalized spacial score (nSPS) is 10.2. The summed E-state index contributed by atoms with van der Waals surface area (Å²) in [5, 5.41) is 0.746. The van der Waals surface area contributed by atoms with E-state index in [9.17, 15) is 4.79 Å². The Balaban J connectivity index is 0.00000128. The summed E-state index contributed by atoms with van der Waals surface area (Å²) >= 11 is 5.73. The average Bonchev–Trinajstić information content (AvgIpc) is 2.23. The van der Waals surface area contributed by atoms with Crippen LogP contribution >= 0.6 is 24.0 Å². The quantitative estimate of drug-likeness (QED) is 0.721. The Labute approximate surface area is 105 Å². The molecule has 16 heavy (non-hydrogen) atoms. The van der Waals surface area contributed by atoms with Crippen molar-refractivity contribution in [2.75, 3.05) is 0 Å². The zero-order chi connectivity index (χ0) is 11.0. The molecule has 1 heterocycles. The highest BCUT2D eigenvalue weighted by Crippen LogP contribution is 2.13. The van der Waals surface area contributed by atoms with Crippen molar-refractivity contribution in [3.63, 3.8) is 0 Å². The van der Waals surface area contributed by atoms with Gasteiger partial charge in [0.2, 0.25) is 0 Å². The molecule has 0 spiro atoms. The zero-order valence-corrected chi connectivity index (χ0v) is 10.7. The summed E-state index contributed by atoms with van der Waals surface area (Å²) < 4.78 is 1.94. The third-order valence-electron chi connectivity index (χ3n) is 2.56. The third kappa shape index (κ3) is 2.08. The van der Waals surface area contributed by atoms with Gasteiger partial charge in [-0.25, -0.2) is 0 Å². The molecular formula is C12H13Cl2NO. The second-order valence-corrected chi connectivity index (χ2v) is 4.02. The number of hydrogen-bond donors (Lipinski definition) is 0. The molecule has 0 radical (unpaired) electrons. The monoisotopic (exact) mass is 257 g/mol. The van der Waals surface area contributed by atoms with Crippen LogP contribution in [-0.2, 0) is 12.9 Å². The summed E-state index contributed by atoms with van der Waals surface area (Å²) in [6.07, 6.45) is 1.80. The first-order chi connectivity index (χ1) is 7.13. The fraction of sp³-hybridized carbons (Fsp3) is 0.250. The molecule has 4 heteroatoms. The van der Waals surface area contributed by atoms with E-state index in [1.54, 1.807) is 6.20 Å². The first kappa shape index (κ1) is 13.1. The number of nitrogens with zero attached hydrogens (tertiary/aromatic N) is 1. The fourth-order valence-corrected chi connectivity index (χ4v) is 1.96. The van der Waals surface area contributed by atoms with Crippen molar-refractivity contribution in [3.05, 3.63) is 45.7 Å². The molecule has 2 rings (SSSR count). The van der Waals surface area contributed by atoms with Crippen molar-refractivity contribution >= 4 is 34.9 Å². The average molecular weight is 258 g/mol. The van der Waals surface area contributed by atoms with E-state index in [2.05, 4.69) is 0 Å². The van der Waals surface area contributed by atoms with E-state index in [-0.39, 0.29) is 23.7 Å². The predicted octanol–water partition coefficient (Wildman–Crippen LogP) is 3.01. The van der Waals surface area contributed by atoms with Gasteiger partial charge in [-0.05, 0) is 19.1 Å². The summed E-state index contributed by atoms with van der Waals surface area (Å²) in [6, 6.07) is 5.87. The van der Waals surface area contributed by atoms with Gasteiger partial charge in [0.25, 0.3) is 0 Å². The highest BCUT2D eigenvalue weighted by atomic mass is 35.5. The molecule has 1 aromatic heterocycles. The molecule has 0 N–H and O–H groups in total. The van der Waals surface area contributed by atoms with Crippen LogP contribution in [0, 0.1) is 6.92 Å². The molecule has 0 unspecified atom stereocenters. The number of fused-ring (bicyclic) bond motifs is 1. The number of hydrogen-bond acceptors (Lipinski definition) is 1. The van der Waals surface area contributed by atoms with Crippen molar-refractivity contribution in [1.29, 1.82) is 0 Å². The first-order valence-corrected chi connectivity index (χ1v) is 5.32. The van der Waals surface area contributed by atoms with E-state index in [0.717, 1.165) is 16.5 Å². The highest BCUT2D eigenvalue weighted by molar-refractivity contribution is 6.17. The van der Waals surface area contributed by atoms with Crippen molar-refractivity contribution in [2.45, 2.75) is 12.8 Å². The van der Waals surface area contributed by atoms with E-state index in [0.29, 0.717) is 5.56 Å². The van der Waals surface area contributed by atoms with Crippen LogP contribution in [0.1, 0.15) is 11.1 Å². The van der Waals surface area contributed by atoms with Gasteiger partial charge in [0, 0.05) is 24.2 Å². The summed E-state index contributed by atoms with van der Waals surface area (Å²) in [5.74, 6) is 0.260. The maximum Gasteiger partial charge on any atom is 0.193 e. The van der Waals surface area contributed by atoms with E-state index in [4.69, 9.17) is 11.6 Å². The van der Waals surface area contributed by atoms with E-state index in [1.165, 1.54) is 0 Å². The van der Waals surface area contributed by atoms with Gasteiger partial charge in [-0.3, -0.25) is 4.79 Å². The lowest BCUT2D eigenvalue weighted by molar-refractivity contribution is 0.935. The number of alkyl halides is 1. The maximum absolute atomic E-state index is 12.0. The number of rotatable bonds is 1. The van der Waals surface area contributed by atoms with Crippen molar-refractivity contribution in [3.8, 4) is 0 Å². The molecular weight excluding hydrogens is 245 g/mol. The molecule has 0 saturated carbocycles. The summed E-state index contributed by atoms with van der Waals surface area (Å²) in [6.45, 7) is 1.98. The summed E-state index contributed by atoms with van der Waals surface area (Å²) in [4.78, 5) is 12.0. The lowest BCUT2D eigenvalue weighted by atomic mass is 10.1. The highest BCUT2D eigenvalue weighted by Gasteiger charge is 2.06. The van der Waals surface area contributed by atoms with Crippen molar-refractivity contribution in [1.82, 2.24) is 4.57 Å². The molecule has 0 aliphatic carbocycles. The molecule has 0 saturated heterocycles. The Morgan fingerprint density at radius 3 is 2.69 bits per heavy atom. The minimum Gasteiger partial charge on any atom is -0.350 e. The Hall–Kier alpha value is -0.990. The van der Waals surface area contributed by atoms with Crippen LogP contribution in [0.4, 0.5) is 0 Å². The zero-order valence-electron chi connectivity index (χ0n) is 9.16. The lowest BCUT2D eigenvalue weighted by Crippen LogP contribution is -2.12. The molecule has 0 fully saturated rings. The van der Waals surface area contributed by atoms with Gasteiger partial charge in [-0.2, -0.15) is 0 Å². The Morgan fingerprint density at radius 1 is 1.38 bits per heavy atom. The smallest absolute Gasteiger partial charge is 0.193 e. The summed E-state index contributed by atoms with van der Waals surface area (Å²) in [5.41, 5.74) is 2.73. The molecule has 0 amide bonds. The van der Waals surface area contributed by atoms with Crippen LogP contribution in [0.5, 0.6) is 0 Å². The van der Waals surface area contributed by atoms with Gasteiger partial charge in [0.1, 0.15) is 0 Å². The molecule has 0 atom stereocenters. The molecule has 0 aliphatic heterocycles. The molecule has 2 aromatic rings. The molecule has 0 bridgehead atoms. The van der Waals surface area contributed by atoms with Gasteiger partial charge >= 0.3 is 0 Å². The second-order valence-electron chi connectivity index (χ2n) is 3.75. The SMILES string of the molecule is Cc1ccc2c(c1)c(=O)c(CCl)cn2C.Cl. The van der Waals surface area contributed by atoms with Crippen LogP contribution in [-0.4, -0.2) is 4.57 Å². The Morgan fingerprint density at radius 2 is 2.06 bits per heavy atom. The lowest BCUT2D eigenvalue weighted by Gasteiger charge is -2.07. The van der Waals surface area contributed by atoms with Gasteiger partial charge in [-0.1, -0.05) is 11.6 Å². The van der Waals surface area contributed by atoms with Gasteiger partial charge in [0.15, 0.2) is 5.43 Å². The number of benzene rings is 1. The van der Waals surface area contributed by atoms with Crippen LogP contribution in [0.2, 0.25) is 0 Å². The Bertz CT molecular complexity index is 575. The van der Waals surface area contributed by atoms with Crippen LogP contribution in [0.3, 0.4) is 0 Å². The van der Waals surface area contributed by atoms with E-state index in [1.807, 2.05) is 36.7 Å². The van der Waals surface area contributed by atoms with Crippen LogP contribution in [0.25, 0.3) is 10.9 Å². The minimum atomic E-state index is 0. The van der Waals surface area contributed by atoms with E-state index < -0.39 is 0 Å². The number of aromatic nitrogens is 1. The number of pyridine rings is 1. The van der Waals surface area contributed by atoms with Crippen molar-refractivity contribution in [2.24, 2.45) is 7.05 Å². The van der Waals surface area contributed by atoms with Crippen LogP contribution < -0.4 is 5.43 Å². The van der Waals surface area contributed by atoms with Gasteiger partial charge in [-0.15, -0.1) is 24.0 Å². The van der Waals surface area contributed by atoms with Gasteiger partial charge < -0.3 is 4.57 Å². The number of halogens is 2. The second kappa shape index (κ2) is 4.89. The maximum atomic E-state index is 12.0. The molecule has 1 aromatic carbocycles. The predicted molar refractivity (Wildman–Crippen MR) is 70.7 cm³/mol. The standard InChI is InChI=1S/C12H12ClNO.ClH/c1-8-3-4-11-10(5-8)12(15)9(6-13)7-14(11)2;/h3-5,7H,6H2,1-2H3;1H. The van der Waals surface area contributed by atoms with E-state index >= 15 is 0 Å². The third-order valence-corrected chi connectivity index (χ3v) is 2.85. The largest absolute Gasteiger partial charge is 0.350 e. The first-order valence-electron chi connectivity index (χ1n) is 4.78. The number of aryl methyl sites for hydroxylation is 2. The fourth-order valence-electron chi connectivity index (χ4n) is 1.77. The van der Waals surface area contributed by atoms with Crippen molar-refractivity contribution < 1.29 is 0 Å². The van der Waals surface area contributed by atoms with Gasteiger partial charge in [0.05, 0.1) is 11.4 Å². The summed E-state index contributed by atoms with van der Waals surface area (Å²) in [7, 11) is 1.92.